The summed E-state index contributed by atoms with van der Waals surface area (Å²) in [7, 11) is 0. The van der Waals surface area contributed by atoms with Crippen LogP contribution in [0.4, 0.5) is 0 Å². The number of epoxide rings is 1. The van der Waals surface area contributed by atoms with Gasteiger partial charge in [-0.2, -0.15) is 5.10 Å². The summed E-state index contributed by atoms with van der Waals surface area (Å²) < 4.78 is 7.46. The third-order valence-electron chi connectivity index (χ3n) is 2.37. The molecule has 0 aromatic carbocycles. The number of ether oxygens (including phenoxy) is 1. The molecule has 13 heavy (non-hydrogen) atoms. The lowest BCUT2D eigenvalue weighted by Gasteiger charge is -2.11. The van der Waals surface area contributed by atoms with Crippen LogP contribution in [-0.4, -0.2) is 16.4 Å². The maximum atomic E-state index is 5.40. The molecule has 1 aliphatic rings. The van der Waals surface area contributed by atoms with E-state index < -0.39 is 0 Å². The van der Waals surface area contributed by atoms with Crippen molar-refractivity contribution in [2.24, 2.45) is 5.92 Å². The Morgan fingerprint density at radius 3 is 2.92 bits per heavy atom. The van der Waals surface area contributed by atoms with E-state index in [0.717, 1.165) is 13.2 Å². The quantitative estimate of drug-likeness (QED) is 0.664. The summed E-state index contributed by atoms with van der Waals surface area (Å²) in [6.07, 6.45) is 1.85. The molecule has 3 heteroatoms. The summed E-state index contributed by atoms with van der Waals surface area (Å²) in [6.45, 7) is 8.31. The molecule has 72 valence electrons. The lowest BCUT2D eigenvalue weighted by atomic mass is 10.1. The highest BCUT2D eigenvalue weighted by Gasteiger charge is 2.43. The van der Waals surface area contributed by atoms with E-state index in [0.29, 0.717) is 5.92 Å². The summed E-state index contributed by atoms with van der Waals surface area (Å²) >= 11 is 0. The molecule has 0 bridgehead atoms. The molecule has 1 aromatic rings. The molecule has 1 aromatic heterocycles. The molecule has 3 nitrogen and oxygen atoms in total. The van der Waals surface area contributed by atoms with Crippen LogP contribution in [0.15, 0.2) is 12.3 Å². The molecule has 0 N–H and O–H groups in total. The maximum absolute atomic E-state index is 5.40. The van der Waals surface area contributed by atoms with Gasteiger partial charge in [-0.1, -0.05) is 13.8 Å². The van der Waals surface area contributed by atoms with Gasteiger partial charge in [0.05, 0.1) is 12.3 Å². The van der Waals surface area contributed by atoms with Gasteiger partial charge < -0.3 is 4.74 Å². The van der Waals surface area contributed by atoms with Crippen LogP contribution >= 0.6 is 0 Å². The average Bonchev–Trinajstić information content (AvgIpc) is 2.62. The fraction of sp³-hybridized carbons (Fsp3) is 0.700. The normalized spacial score (nSPS) is 26.8. The van der Waals surface area contributed by atoms with Gasteiger partial charge in [0, 0.05) is 12.7 Å². The predicted octanol–water partition coefficient (Wildman–Crippen LogP) is 1.78. The minimum Gasteiger partial charge on any atom is -0.363 e. The number of rotatable bonds is 3. The first-order valence-electron chi connectivity index (χ1n) is 4.78. The number of hydrogen-bond donors (Lipinski definition) is 0. The van der Waals surface area contributed by atoms with E-state index in [2.05, 4.69) is 36.6 Å². The second-order valence-corrected chi connectivity index (χ2v) is 4.31. The molecule has 1 aliphatic heterocycles. The molecule has 1 saturated heterocycles. The zero-order valence-electron chi connectivity index (χ0n) is 8.45. The van der Waals surface area contributed by atoms with Crippen LogP contribution in [0.5, 0.6) is 0 Å². The monoisotopic (exact) mass is 180 g/mol. The predicted molar refractivity (Wildman–Crippen MR) is 50.4 cm³/mol. The summed E-state index contributed by atoms with van der Waals surface area (Å²) in [5.74, 6) is 0.626. The Morgan fingerprint density at radius 2 is 2.38 bits per heavy atom. The highest BCUT2D eigenvalue weighted by molar-refractivity contribution is 5.16. The molecule has 0 amide bonds. The largest absolute Gasteiger partial charge is 0.363 e. The van der Waals surface area contributed by atoms with E-state index in [-0.39, 0.29) is 5.60 Å². The standard InChI is InChI=1S/C10H16N2O/c1-8(2)6-12-9(4-5-11-12)10(3)7-13-10/h4-5,8H,6-7H2,1-3H3. The SMILES string of the molecule is CC(C)Cn1nccc1C1(C)CO1. The molecule has 2 rings (SSSR count). The minimum absolute atomic E-state index is 0.0502. The van der Waals surface area contributed by atoms with Gasteiger partial charge in [0.1, 0.15) is 5.60 Å². The van der Waals surface area contributed by atoms with Crippen molar-refractivity contribution in [2.45, 2.75) is 32.9 Å². The van der Waals surface area contributed by atoms with Gasteiger partial charge >= 0.3 is 0 Å². The number of nitrogens with zero attached hydrogens (tertiary/aromatic N) is 2. The summed E-state index contributed by atoms with van der Waals surface area (Å²) in [5, 5.41) is 4.30. The van der Waals surface area contributed by atoms with Crippen LogP contribution in [0.1, 0.15) is 26.5 Å². The van der Waals surface area contributed by atoms with Crippen LogP contribution < -0.4 is 0 Å². The number of aromatic nitrogens is 2. The lowest BCUT2D eigenvalue weighted by molar-refractivity contribution is 0.306. The van der Waals surface area contributed by atoms with Gasteiger partial charge in [0.15, 0.2) is 0 Å². The minimum atomic E-state index is -0.0502. The molecule has 1 unspecified atom stereocenters. The first-order valence-corrected chi connectivity index (χ1v) is 4.78. The molecular formula is C10H16N2O. The van der Waals surface area contributed by atoms with Gasteiger partial charge in [0.25, 0.3) is 0 Å². The average molecular weight is 180 g/mol. The van der Waals surface area contributed by atoms with Gasteiger partial charge in [-0.3, -0.25) is 4.68 Å². The Balaban J connectivity index is 2.21. The Hall–Kier alpha value is -0.830. The smallest absolute Gasteiger partial charge is 0.130 e. The topological polar surface area (TPSA) is 30.4 Å². The van der Waals surface area contributed by atoms with E-state index >= 15 is 0 Å². The Kier molecular flexibility index (Phi) is 1.91. The highest BCUT2D eigenvalue weighted by Crippen LogP contribution is 2.37. The van der Waals surface area contributed by atoms with Crippen molar-refractivity contribution in [3.05, 3.63) is 18.0 Å². The van der Waals surface area contributed by atoms with E-state index in [9.17, 15) is 0 Å². The molecule has 2 heterocycles. The third kappa shape index (κ3) is 1.61. The van der Waals surface area contributed by atoms with E-state index in [1.807, 2.05) is 6.20 Å². The second-order valence-electron chi connectivity index (χ2n) is 4.31. The van der Waals surface area contributed by atoms with Gasteiger partial charge in [0.2, 0.25) is 0 Å². The molecule has 0 saturated carbocycles. The molecule has 0 spiro atoms. The molecule has 1 atom stereocenters. The van der Waals surface area contributed by atoms with E-state index in [4.69, 9.17) is 4.74 Å². The third-order valence-corrected chi connectivity index (χ3v) is 2.37. The zero-order valence-corrected chi connectivity index (χ0v) is 8.45. The van der Waals surface area contributed by atoms with Crippen molar-refractivity contribution in [2.75, 3.05) is 6.61 Å². The van der Waals surface area contributed by atoms with Crippen LogP contribution in [0.2, 0.25) is 0 Å². The summed E-state index contributed by atoms with van der Waals surface area (Å²) in [5.41, 5.74) is 1.16. The first-order chi connectivity index (χ1) is 6.12. The zero-order chi connectivity index (χ0) is 9.47. The fourth-order valence-corrected chi connectivity index (χ4v) is 1.53. The highest BCUT2D eigenvalue weighted by atomic mass is 16.6. The van der Waals surface area contributed by atoms with Crippen molar-refractivity contribution < 1.29 is 4.74 Å². The lowest BCUT2D eigenvalue weighted by Crippen LogP contribution is -2.15. The van der Waals surface area contributed by atoms with Crippen LogP contribution in [0, 0.1) is 5.92 Å². The molecule has 0 radical (unpaired) electrons. The Bertz CT molecular complexity index is 300. The van der Waals surface area contributed by atoms with Crippen LogP contribution in [0.25, 0.3) is 0 Å². The van der Waals surface area contributed by atoms with Crippen molar-refractivity contribution in [3.63, 3.8) is 0 Å². The maximum Gasteiger partial charge on any atom is 0.130 e. The molecular weight excluding hydrogens is 164 g/mol. The Morgan fingerprint density at radius 1 is 1.69 bits per heavy atom. The first kappa shape index (κ1) is 8.75. The van der Waals surface area contributed by atoms with Crippen molar-refractivity contribution in [3.8, 4) is 0 Å². The van der Waals surface area contributed by atoms with Crippen LogP contribution in [0.3, 0.4) is 0 Å². The van der Waals surface area contributed by atoms with Gasteiger partial charge in [-0.15, -0.1) is 0 Å². The van der Waals surface area contributed by atoms with Crippen molar-refractivity contribution >= 4 is 0 Å². The molecule has 0 aliphatic carbocycles. The van der Waals surface area contributed by atoms with Gasteiger partial charge in [-0.25, -0.2) is 0 Å². The molecule has 1 fully saturated rings. The second kappa shape index (κ2) is 2.84. The van der Waals surface area contributed by atoms with E-state index in [1.165, 1.54) is 5.69 Å². The summed E-state index contributed by atoms with van der Waals surface area (Å²) in [4.78, 5) is 0. The number of hydrogen-bond acceptors (Lipinski definition) is 2. The van der Waals surface area contributed by atoms with Crippen molar-refractivity contribution in [1.29, 1.82) is 0 Å². The van der Waals surface area contributed by atoms with Crippen molar-refractivity contribution in [1.82, 2.24) is 9.78 Å². The van der Waals surface area contributed by atoms with Crippen LogP contribution in [-0.2, 0) is 16.9 Å². The fourth-order valence-electron chi connectivity index (χ4n) is 1.53. The Labute approximate surface area is 78.7 Å². The van der Waals surface area contributed by atoms with Gasteiger partial charge in [-0.05, 0) is 18.9 Å². The summed E-state index contributed by atoms with van der Waals surface area (Å²) in [6, 6.07) is 2.05. The van der Waals surface area contributed by atoms with E-state index in [1.54, 1.807) is 0 Å².